The van der Waals surface area contributed by atoms with Crippen LogP contribution < -0.4 is 11.1 Å². The van der Waals surface area contributed by atoms with Crippen LogP contribution in [0.4, 0.5) is 9.39 Å². The number of nitrogens with one attached hydrogen (secondary N) is 1. The lowest BCUT2D eigenvalue weighted by atomic mass is 9.95. The Morgan fingerprint density at radius 3 is 2.47 bits per heavy atom. The van der Waals surface area contributed by atoms with Gasteiger partial charge in [-0.2, -0.15) is 0 Å². The molecule has 0 saturated heterocycles. The Kier molecular flexibility index (Phi) is 6.87. The van der Waals surface area contributed by atoms with Crippen molar-refractivity contribution in [2.24, 2.45) is 11.7 Å². The lowest BCUT2D eigenvalue weighted by Gasteiger charge is -2.24. The highest BCUT2D eigenvalue weighted by Crippen LogP contribution is 2.37. The molecule has 8 heteroatoms. The molecule has 0 fully saturated rings. The molecule has 1 aromatic heterocycles. The van der Waals surface area contributed by atoms with Gasteiger partial charge in [0.15, 0.2) is 0 Å². The fraction of sp³-hybridized carbons (Fsp3) is 0.409. The van der Waals surface area contributed by atoms with Gasteiger partial charge in [0.2, 0.25) is 11.8 Å². The molecular weight excluding hydrogens is 405 g/mol. The Morgan fingerprint density at radius 1 is 1.17 bits per heavy atom. The van der Waals surface area contributed by atoms with E-state index in [0.717, 1.165) is 41.7 Å². The summed E-state index contributed by atoms with van der Waals surface area (Å²) in [7, 11) is 0. The number of thiophene rings is 1. The Bertz CT molecular complexity index is 953. The second kappa shape index (κ2) is 9.38. The molecule has 3 N–H and O–H groups in total. The average Bonchev–Trinajstić information content (AvgIpc) is 3.06. The van der Waals surface area contributed by atoms with Gasteiger partial charge in [-0.1, -0.05) is 26.0 Å². The Labute approximate surface area is 179 Å². The van der Waals surface area contributed by atoms with E-state index in [-0.39, 0.29) is 30.7 Å². The molecule has 0 saturated carbocycles. The molecule has 160 valence electrons. The van der Waals surface area contributed by atoms with Gasteiger partial charge >= 0.3 is 0 Å². The SMILES string of the molecule is CC(C)C(=O)N(CC(=O)Nc1sc2c(c1C(N)=O)CCCC2)Cc1ccc(F)cc1. The minimum absolute atomic E-state index is 0.171. The number of nitrogens with zero attached hydrogens (tertiary/aromatic N) is 1. The van der Waals surface area contributed by atoms with Gasteiger partial charge in [0.1, 0.15) is 17.4 Å². The molecule has 3 amide bonds. The van der Waals surface area contributed by atoms with Gasteiger partial charge in [-0.05, 0) is 48.9 Å². The number of halogens is 1. The van der Waals surface area contributed by atoms with E-state index in [9.17, 15) is 18.8 Å². The van der Waals surface area contributed by atoms with Crippen molar-refractivity contribution in [2.45, 2.75) is 46.1 Å². The van der Waals surface area contributed by atoms with Gasteiger partial charge in [0.05, 0.1) is 5.56 Å². The smallest absolute Gasteiger partial charge is 0.251 e. The van der Waals surface area contributed by atoms with Gasteiger partial charge in [-0.25, -0.2) is 4.39 Å². The van der Waals surface area contributed by atoms with Crippen LogP contribution in [0.25, 0.3) is 0 Å². The highest BCUT2D eigenvalue weighted by Gasteiger charge is 2.26. The maximum absolute atomic E-state index is 13.2. The predicted octanol–water partition coefficient (Wildman–Crippen LogP) is 3.49. The van der Waals surface area contributed by atoms with E-state index < -0.39 is 11.8 Å². The fourth-order valence-corrected chi connectivity index (χ4v) is 4.95. The van der Waals surface area contributed by atoms with Crippen molar-refractivity contribution >= 4 is 34.1 Å². The molecule has 1 aliphatic rings. The fourth-order valence-electron chi connectivity index (χ4n) is 3.64. The quantitative estimate of drug-likeness (QED) is 0.703. The minimum atomic E-state index is -0.550. The molecule has 6 nitrogen and oxygen atoms in total. The van der Waals surface area contributed by atoms with Gasteiger partial charge < -0.3 is 16.0 Å². The van der Waals surface area contributed by atoms with Gasteiger partial charge in [0.25, 0.3) is 5.91 Å². The summed E-state index contributed by atoms with van der Waals surface area (Å²) in [5.41, 5.74) is 7.64. The lowest BCUT2D eigenvalue weighted by Crippen LogP contribution is -2.39. The zero-order valence-electron chi connectivity index (χ0n) is 17.2. The number of carbonyl (C=O) groups is 3. The first kappa shape index (κ1) is 22.0. The molecule has 0 spiro atoms. The second-order valence-corrected chi connectivity index (χ2v) is 8.91. The number of benzene rings is 1. The second-order valence-electron chi connectivity index (χ2n) is 7.80. The maximum atomic E-state index is 13.2. The molecular formula is C22H26FN3O3S. The summed E-state index contributed by atoms with van der Waals surface area (Å²) in [5.74, 6) is -1.79. The third kappa shape index (κ3) is 5.05. The number of aryl methyl sites for hydroxylation is 1. The monoisotopic (exact) mass is 431 g/mol. The number of rotatable bonds is 7. The number of anilines is 1. The summed E-state index contributed by atoms with van der Waals surface area (Å²) < 4.78 is 13.2. The van der Waals surface area contributed by atoms with Crippen molar-refractivity contribution in [1.82, 2.24) is 4.90 Å². The zero-order chi connectivity index (χ0) is 21.8. The normalized spacial score (nSPS) is 13.1. The largest absolute Gasteiger partial charge is 0.365 e. The molecule has 1 heterocycles. The van der Waals surface area contributed by atoms with E-state index in [1.165, 1.54) is 28.4 Å². The third-order valence-corrected chi connectivity index (χ3v) is 6.30. The molecule has 0 bridgehead atoms. The van der Waals surface area contributed by atoms with Crippen molar-refractivity contribution in [2.75, 3.05) is 11.9 Å². The standard InChI is InChI=1S/C22H26FN3O3S/c1-13(2)22(29)26(11-14-7-9-15(23)10-8-14)12-18(27)25-21-19(20(24)28)16-5-3-4-6-17(16)30-21/h7-10,13H,3-6,11-12H2,1-2H3,(H2,24,28)(H,25,27). The van der Waals surface area contributed by atoms with Crippen molar-refractivity contribution in [1.29, 1.82) is 0 Å². The van der Waals surface area contributed by atoms with E-state index in [1.807, 2.05) is 0 Å². The average molecular weight is 432 g/mol. The maximum Gasteiger partial charge on any atom is 0.251 e. The summed E-state index contributed by atoms with van der Waals surface area (Å²) >= 11 is 1.39. The van der Waals surface area contributed by atoms with Crippen LogP contribution in [0, 0.1) is 11.7 Å². The lowest BCUT2D eigenvalue weighted by molar-refractivity contribution is -0.138. The predicted molar refractivity (Wildman–Crippen MR) is 115 cm³/mol. The number of carbonyl (C=O) groups excluding carboxylic acids is 3. The van der Waals surface area contributed by atoms with E-state index in [2.05, 4.69) is 5.32 Å². The topological polar surface area (TPSA) is 92.5 Å². The number of hydrogen-bond acceptors (Lipinski definition) is 4. The van der Waals surface area contributed by atoms with Crippen molar-refractivity contribution in [3.05, 3.63) is 51.7 Å². The van der Waals surface area contributed by atoms with Crippen LogP contribution in [0.15, 0.2) is 24.3 Å². The first-order valence-corrected chi connectivity index (χ1v) is 10.8. The van der Waals surface area contributed by atoms with E-state index in [1.54, 1.807) is 26.0 Å². The first-order valence-electron chi connectivity index (χ1n) is 10.0. The summed E-state index contributed by atoms with van der Waals surface area (Å²) in [5, 5.41) is 3.25. The van der Waals surface area contributed by atoms with Crippen LogP contribution >= 0.6 is 11.3 Å². The Balaban J connectivity index is 1.77. The van der Waals surface area contributed by atoms with E-state index in [4.69, 9.17) is 5.73 Å². The summed E-state index contributed by atoms with van der Waals surface area (Å²) in [6, 6.07) is 5.82. The highest BCUT2D eigenvalue weighted by molar-refractivity contribution is 7.17. The molecule has 3 rings (SSSR count). The van der Waals surface area contributed by atoms with Gasteiger partial charge in [0, 0.05) is 17.3 Å². The van der Waals surface area contributed by atoms with E-state index >= 15 is 0 Å². The third-order valence-electron chi connectivity index (χ3n) is 5.10. The molecule has 0 unspecified atom stereocenters. The van der Waals surface area contributed by atoms with Gasteiger partial charge in [-0.3, -0.25) is 14.4 Å². The van der Waals surface area contributed by atoms with Crippen molar-refractivity contribution in [3.8, 4) is 0 Å². The number of amides is 3. The number of fused-ring (bicyclic) bond motifs is 1. The van der Waals surface area contributed by atoms with E-state index in [0.29, 0.717) is 10.6 Å². The van der Waals surface area contributed by atoms with Gasteiger partial charge in [-0.15, -0.1) is 11.3 Å². The summed E-state index contributed by atoms with van der Waals surface area (Å²) in [4.78, 5) is 39.9. The molecule has 0 aliphatic heterocycles. The summed E-state index contributed by atoms with van der Waals surface area (Å²) in [6.07, 6.45) is 3.69. The van der Waals surface area contributed by atoms with Crippen LogP contribution in [0.2, 0.25) is 0 Å². The molecule has 0 atom stereocenters. The molecule has 2 aromatic rings. The minimum Gasteiger partial charge on any atom is -0.365 e. The highest BCUT2D eigenvalue weighted by atomic mass is 32.1. The number of nitrogens with two attached hydrogens (primary N) is 1. The van der Waals surface area contributed by atoms with Crippen LogP contribution in [-0.2, 0) is 29.0 Å². The number of primary amides is 1. The molecule has 1 aliphatic carbocycles. The summed E-state index contributed by atoms with van der Waals surface area (Å²) in [6.45, 7) is 3.54. The number of hydrogen-bond donors (Lipinski definition) is 2. The Hall–Kier alpha value is -2.74. The van der Waals surface area contributed by atoms with Crippen LogP contribution in [-0.4, -0.2) is 29.2 Å². The Morgan fingerprint density at radius 2 is 1.83 bits per heavy atom. The molecule has 0 radical (unpaired) electrons. The van der Waals surface area contributed by atoms with Crippen molar-refractivity contribution in [3.63, 3.8) is 0 Å². The van der Waals surface area contributed by atoms with Crippen molar-refractivity contribution < 1.29 is 18.8 Å². The first-order chi connectivity index (χ1) is 14.3. The molecule has 30 heavy (non-hydrogen) atoms. The van der Waals surface area contributed by atoms with Crippen LogP contribution in [0.1, 0.15) is 53.1 Å². The van der Waals surface area contributed by atoms with Crippen LogP contribution in [0.5, 0.6) is 0 Å². The zero-order valence-corrected chi connectivity index (χ0v) is 18.0. The molecule has 1 aromatic carbocycles. The van der Waals surface area contributed by atoms with Crippen LogP contribution in [0.3, 0.4) is 0 Å².